The highest BCUT2D eigenvalue weighted by molar-refractivity contribution is 9.11. The summed E-state index contributed by atoms with van der Waals surface area (Å²) in [6, 6.07) is 0. The van der Waals surface area contributed by atoms with Gasteiger partial charge in [-0.05, 0) is 115 Å². The molecule has 5 aliphatic carbocycles. The maximum Gasteiger partial charge on any atom is 0.0638 e. The third-order valence-electron chi connectivity index (χ3n) is 11.8. The Bertz CT molecular complexity index is 713. The lowest BCUT2D eigenvalue weighted by atomic mass is 9.45. The maximum absolute atomic E-state index is 6.29. The Labute approximate surface area is 194 Å². The van der Waals surface area contributed by atoms with Gasteiger partial charge in [-0.15, -0.1) is 0 Å². The number of methoxy groups -OCH3 is 1. The molecule has 0 aliphatic heterocycles. The van der Waals surface area contributed by atoms with E-state index in [4.69, 9.17) is 4.74 Å². The van der Waals surface area contributed by atoms with Crippen LogP contribution in [0.15, 0.2) is 10.6 Å². The van der Waals surface area contributed by atoms with Gasteiger partial charge in [-0.25, -0.2) is 0 Å². The fourth-order valence-corrected chi connectivity index (χ4v) is 10.4. The first-order chi connectivity index (χ1) is 14.2. The van der Waals surface area contributed by atoms with E-state index in [1.54, 1.807) is 0 Å². The molecular formula is C28H45BrO. The summed E-state index contributed by atoms with van der Waals surface area (Å²) < 4.78 is 7.69. The van der Waals surface area contributed by atoms with E-state index in [1.165, 1.54) is 62.3 Å². The van der Waals surface area contributed by atoms with E-state index in [2.05, 4.69) is 56.6 Å². The summed E-state index contributed by atoms with van der Waals surface area (Å²) in [5.41, 5.74) is 1.69. The van der Waals surface area contributed by atoms with Crippen LogP contribution in [0.25, 0.3) is 0 Å². The van der Waals surface area contributed by atoms with Crippen molar-refractivity contribution in [2.45, 2.75) is 98.5 Å². The summed E-state index contributed by atoms with van der Waals surface area (Å²) in [4.78, 5) is 0. The van der Waals surface area contributed by atoms with Crippen LogP contribution in [0.5, 0.6) is 0 Å². The van der Waals surface area contributed by atoms with Gasteiger partial charge in [0.1, 0.15) is 0 Å². The summed E-state index contributed by atoms with van der Waals surface area (Å²) in [7, 11) is 2.02. The number of halogens is 1. The van der Waals surface area contributed by atoms with Crippen molar-refractivity contribution in [1.82, 2.24) is 0 Å². The lowest BCUT2D eigenvalue weighted by Crippen LogP contribution is -2.57. The standard InChI is InChI=1S/C28H45BrO/c1-17(2)24(29)10-7-18(3)21-8-9-22-20-15-25(30-6)28-16-19(28)11-14-27(28,5)23(20)12-13-26(21,22)4/h10,17-23,25H,7-9,11-16H2,1-6H3/b24-10+/t18-,19-,20+,21-,22+,23+,25-,26-,27-,28+/m1/s1. The van der Waals surface area contributed by atoms with Crippen LogP contribution in [0.3, 0.4) is 0 Å². The van der Waals surface area contributed by atoms with Gasteiger partial charge in [0.2, 0.25) is 0 Å². The number of ether oxygens (including phenoxy) is 1. The molecule has 0 bridgehead atoms. The van der Waals surface area contributed by atoms with Crippen LogP contribution >= 0.6 is 15.9 Å². The first-order valence-corrected chi connectivity index (χ1v) is 13.9. The van der Waals surface area contributed by atoms with Crippen molar-refractivity contribution in [3.8, 4) is 0 Å². The molecule has 0 aromatic carbocycles. The third-order valence-corrected chi connectivity index (χ3v) is 13.1. The molecule has 30 heavy (non-hydrogen) atoms. The molecule has 0 N–H and O–H groups in total. The summed E-state index contributed by atoms with van der Waals surface area (Å²) in [6.07, 6.45) is 16.0. The molecule has 5 aliphatic rings. The minimum absolute atomic E-state index is 0.542. The average Bonchev–Trinajstić information content (AvgIpc) is 3.22. The molecule has 0 radical (unpaired) electrons. The van der Waals surface area contributed by atoms with Gasteiger partial charge in [-0.1, -0.05) is 56.6 Å². The van der Waals surface area contributed by atoms with Crippen LogP contribution < -0.4 is 0 Å². The summed E-state index contributed by atoms with van der Waals surface area (Å²) in [5.74, 6) is 6.12. The maximum atomic E-state index is 6.29. The number of fused-ring (bicyclic) bond motifs is 4. The van der Waals surface area contributed by atoms with Crippen molar-refractivity contribution in [3.63, 3.8) is 0 Å². The zero-order valence-corrected chi connectivity index (χ0v) is 21.9. The van der Waals surface area contributed by atoms with E-state index in [9.17, 15) is 0 Å². The van der Waals surface area contributed by atoms with E-state index >= 15 is 0 Å². The number of hydrogen-bond donors (Lipinski definition) is 0. The molecular weight excluding hydrogens is 432 g/mol. The first kappa shape index (κ1) is 22.0. The fourth-order valence-electron chi connectivity index (χ4n) is 10.3. The summed E-state index contributed by atoms with van der Waals surface area (Å²) in [5, 5.41) is 0. The lowest BCUT2D eigenvalue weighted by Gasteiger charge is -2.61. The van der Waals surface area contributed by atoms with Crippen LogP contribution in [-0.2, 0) is 4.74 Å². The third kappa shape index (κ3) is 2.80. The molecule has 10 atom stereocenters. The molecule has 0 amide bonds. The highest BCUT2D eigenvalue weighted by atomic mass is 79.9. The van der Waals surface area contributed by atoms with Gasteiger partial charge in [-0.2, -0.15) is 0 Å². The van der Waals surface area contributed by atoms with Crippen LogP contribution in [0.2, 0.25) is 0 Å². The normalized spacial score (nSPS) is 53.1. The molecule has 0 heterocycles. The van der Waals surface area contributed by atoms with Gasteiger partial charge in [0.15, 0.2) is 0 Å². The fraction of sp³-hybridized carbons (Fsp3) is 0.929. The Hall–Kier alpha value is 0.180. The molecule has 2 heteroatoms. The zero-order chi connectivity index (χ0) is 21.5. The van der Waals surface area contributed by atoms with Crippen molar-refractivity contribution < 1.29 is 4.74 Å². The Morgan fingerprint density at radius 1 is 1.07 bits per heavy atom. The molecule has 0 aromatic rings. The second-order valence-electron chi connectivity index (χ2n) is 12.9. The van der Waals surface area contributed by atoms with Crippen molar-refractivity contribution >= 4 is 15.9 Å². The van der Waals surface area contributed by atoms with Gasteiger partial charge in [-0.3, -0.25) is 0 Å². The quantitative estimate of drug-likeness (QED) is 0.387. The molecule has 5 rings (SSSR count). The number of hydrogen-bond acceptors (Lipinski definition) is 1. The smallest absolute Gasteiger partial charge is 0.0638 e. The van der Waals surface area contributed by atoms with E-state index in [0.29, 0.717) is 28.3 Å². The first-order valence-electron chi connectivity index (χ1n) is 13.1. The Morgan fingerprint density at radius 2 is 1.83 bits per heavy atom. The molecule has 0 saturated heterocycles. The minimum Gasteiger partial charge on any atom is -0.381 e. The van der Waals surface area contributed by atoms with Gasteiger partial charge >= 0.3 is 0 Å². The average molecular weight is 478 g/mol. The minimum atomic E-state index is 0.542. The molecule has 0 unspecified atom stereocenters. The van der Waals surface area contributed by atoms with Crippen molar-refractivity contribution in [1.29, 1.82) is 0 Å². The van der Waals surface area contributed by atoms with Gasteiger partial charge in [0.25, 0.3) is 0 Å². The van der Waals surface area contributed by atoms with E-state index in [1.807, 2.05) is 7.11 Å². The predicted molar refractivity (Wildman–Crippen MR) is 129 cm³/mol. The zero-order valence-electron chi connectivity index (χ0n) is 20.3. The second kappa shape index (κ2) is 7.34. The van der Waals surface area contributed by atoms with E-state index in [0.717, 1.165) is 35.5 Å². The second-order valence-corrected chi connectivity index (χ2v) is 13.8. The Morgan fingerprint density at radius 3 is 2.50 bits per heavy atom. The summed E-state index contributed by atoms with van der Waals surface area (Å²) in [6.45, 7) is 12.5. The molecule has 5 saturated carbocycles. The highest BCUT2D eigenvalue weighted by Gasteiger charge is 2.77. The number of allylic oxidation sites excluding steroid dienone is 2. The molecule has 0 aromatic heterocycles. The van der Waals surface area contributed by atoms with Gasteiger partial charge < -0.3 is 4.74 Å². The largest absolute Gasteiger partial charge is 0.381 e. The Balaban J connectivity index is 1.38. The van der Waals surface area contributed by atoms with Crippen LogP contribution in [0.1, 0.15) is 92.4 Å². The lowest BCUT2D eigenvalue weighted by molar-refractivity contribution is -0.161. The summed E-state index contributed by atoms with van der Waals surface area (Å²) >= 11 is 3.81. The van der Waals surface area contributed by atoms with Gasteiger partial charge in [0.05, 0.1) is 6.10 Å². The van der Waals surface area contributed by atoms with Crippen LogP contribution in [0.4, 0.5) is 0 Å². The number of rotatable bonds is 5. The highest BCUT2D eigenvalue weighted by Crippen LogP contribution is 2.82. The monoisotopic (exact) mass is 476 g/mol. The topological polar surface area (TPSA) is 9.23 Å². The molecule has 170 valence electrons. The van der Waals surface area contributed by atoms with Crippen molar-refractivity contribution in [2.75, 3.05) is 7.11 Å². The van der Waals surface area contributed by atoms with Crippen LogP contribution in [-0.4, -0.2) is 13.2 Å². The molecule has 1 spiro atoms. The Kier molecular flexibility index (Phi) is 5.38. The SMILES string of the molecule is CO[C@@H]1C[C@H]2[C@@H]3CC[C@H]([C@H](C)C/C=C(/Br)C(C)C)[C@@]3(C)CC[C@@H]2[C@@]2(C)CC[C@@H]3C[C@]312. The molecule has 5 fully saturated rings. The van der Waals surface area contributed by atoms with E-state index in [-0.39, 0.29) is 0 Å². The predicted octanol–water partition coefficient (Wildman–Crippen LogP) is 8.23. The van der Waals surface area contributed by atoms with E-state index < -0.39 is 0 Å². The molecule has 1 nitrogen and oxygen atoms in total. The van der Waals surface area contributed by atoms with Crippen LogP contribution in [0, 0.1) is 57.7 Å². The van der Waals surface area contributed by atoms with Crippen molar-refractivity contribution in [3.05, 3.63) is 10.6 Å². The van der Waals surface area contributed by atoms with Gasteiger partial charge in [0, 0.05) is 12.5 Å². The van der Waals surface area contributed by atoms with Crippen molar-refractivity contribution in [2.24, 2.45) is 57.7 Å².